The van der Waals surface area contributed by atoms with Gasteiger partial charge in [0.05, 0.1) is 15.8 Å². The smallest absolute Gasteiger partial charge is 0.233 e. The Morgan fingerprint density at radius 3 is 2.44 bits per heavy atom. The van der Waals surface area contributed by atoms with Gasteiger partial charge in [-0.1, -0.05) is 0 Å². The van der Waals surface area contributed by atoms with Crippen LogP contribution in [0.4, 0.5) is 33.5 Å². The first-order valence-electron chi connectivity index (χ1n) is 12.7. The van der Waals surface area contributed by atoms with Crippen LogP contribution in [0.15, 0.2) is 29.2 Å². The van der Waals surface area contributed by atoms with Gasteiger partial charge in [0.15, 0.2) is 25.5 Å². The Morgan fingerprint density at radius 2 is 1.85 bits per heavy atom. The van der Waals surface area contributed by atoms with Crippen LogP contribution in [0.25, 0.3) is 0 Å². The highest BCUT2D eigenvalue weighted by atomic mass is 32.2. The molecule has 0 spiro atoms. The first-order valence-corrected chi connectivity index (χ1v) is 16.5. The number of hydrogen-bond acceptors (Lipinski definition) is 10. The van der Waals surface area contributed by atoms with E-state index in [2.05, 4.69) is 15.5 Å². The van der Waals surface area contributed by atoms with Crippen LogP contribution < -0.4 is 15.1 Å². The molecule has 39 heavy (non-hydrogen) atoms. The molecule has 2 aromatic heterocycles. The van der Waals surface area contributed by atoms with E-state index in [4.69, 9.17) is 9.97 Å². The Kier molecular flexibility index (Phi) is 7.04. The number of hydrogen-bond donors (Lipinski definition) is 2. The Morgan fingerprint density at radius 1 is 1.10 bits per heavy atom. The SMILES string of the molecule is Cc1cc(Nc2nc(N(C)c3ccc(S(C)(=O)=O)cc3F)nc(N3CCCC(S(C)(=O)=O)C3)c2C2CC2)n[nH]1. The van der Waals surface area contributed by atoms with E-state index in [-0.39, 0.29) is 22.4 Å². The second-order valence-electron chi connectivity index (χ2n) is 10.4. The van der Waals surface area contributed by atoms with Gasteiger partial charge in [-0.3, -0.25) is 5.10 Å². The first-order chi connectivity index (χ1) is 18.3. The minimum atomic E-state index is -3.58. The van der Waals surface area contributed by atoms with Gasteiger partial charge in [0, 0.05) is 50.0 Å². The van der Waals surface area contributed by atoms with E-state index < -0.39 is 30.7 Å². The van der Waals surface area contributed by atoms with Gasteiger partial charge in [-0.2, -0.15) is 15.1 Å². The molecule has 14 heteroatoms. The molecular formula is C25H32FN7O4S2. The Hall–Kier alpha value is -3.26. The zero-order valence-electron chi connectivity index (χ0n) is 22.3. The molecule has 1 saturated heterocycles. The summed E-state index contributed by atoms with van der Waals surface area (Å²) < 4.78 is 63.8. The molecule has 1 atom stereocenters. The third-order valence-electron chi connectivity index (χ3n) is 7.14. The number of rotatable bonds is 8. The predicted octanol–water partition coefficient (Wildman–Crippen LogP) is 3.45. The molecule has 1 aromatic carbocycles. The van der Waals surface area contributed by atoms with E-state index in [1.165, 1.54) is 23.3 Å². The summed E-state index contributed by atoms with van der Waals surface area (Å²) in [6.07, 6.45) is 5.46. The summed E-state index contributed by atoms with van der Waals surface area (Å²) in [5.74, 6) is 1.34. The highest BCUT2D eigenvalue weighted by molar-refractivity contribution is 7.91. The number of sulfone groups is 2. The molecule has 0 radical (unpaired) electrons. The van der Waals surface area contributed by atoms with Gasteiger partial charge in [-0.25, -0.2) is 21.2 Å². The quantitative estimate of drug-likeness (QED) is 0.409. The van der Waals surface area contributed by atoms with Crippen molar-refractivity contribution < 1.29 is 21.2 Å². The molecule has 1 aliphatic heterocycles. The van der Waals surface area contributed by atoms with Crippen LogP contribution in [0.5, 0.6) is 0 Å². The number of H-pyrrole nitrogens is 1. The lowest BCUT2D eigenvalue weighted by Gasteiger charge is -2.35. The lowest BCUT2D eigenvalue weighted by molar-refractivity contribution is 0.533. The van der Waals surface area contributed by atoms with Gasteiger partial charge >= 0.3 is 0 Å². The molecule has 11 nitrogen and oxygen atoms in total. The summed E-state index contributed by atoms with van der Waals surface area (Å²) in [4.78, 5) is 13.0. The molecule has 3 heterocycles. The molecule has 1 aliphatic carbocycles. The number of aromatic amines is 1. The van der Waals surface area contributed by atoms with Gasteiger partial charge in [-0.15, -0.1) is 0 Å². The molecule has 0 amide bonds. The van der Waals surface area contributed by atoms with E-state index in [1.807, 2.05) is 17.9 Å². The second-order valence-corrected chi connectivity index (χ2v) is 14.8. The van der Waals surface area contributed by atoms with Gasteiger partial charge in [0.1, 0.15) is 17.5 Å². The molecule has 1 unspecified atom stereocenters. The number of benzene rings is 1. The topological polar surface area (TPSA) is 141 Å². The lowest BCUT2D eigenvalue weighted by atomic mass is 10.1. The summed E-state index contributed by atoms with van der Waals surface area (Å²) in [6, 6.07) is 5.55. The molecule has 2 aliphatic rings. The van der Waals surface area contributed by atoms with Crippen molar-refractivity contribution in [3.05, 3.63) is 41.3 Å². The highest BCUT2D eigenvalue weighted by Gasteiger charge is 2.36. The summed E-state index contributed by atoms with van der Waals surface area (Å²) in [5, 5.41) is 9.95. The van der Waals surface area contributed by atoms with Gasteiger partial charge in [-0.05, 0) is 56.7 Å². The van der Waals surface area contributed by atoms with Crippen molar-refractivity contribution in [3.8, 4) is 0 Å². The van der Waals surface area contributed by atoms with E-state index in [0.717, 1.165) is 36.4 Å². The minimum Gasteiger partial charge on any atom is -0.355 e. The average Bonchev–Trinajstić information content (AvgIpc) is 3.63. The fourth-order valence-electron chi connectivity index (χ4n) is 4.86. The molecule has 2 fully saturated rings. The third-order valence-corrected chi connectivity index (χ3v) is 9.85. The molecule has 5 rings (SSSR count). The van der Waals surface area contributed by atoms with Crippen LogP contribution in [0.3, 0.4) is 0 Å². The van der Waals surface area contributed by atoms with Gasteiger partial charge in [0.25, 0.3) is 0 Å². The number of aryl methyl sites for hydroxylation is 1. The zero-order valence-corrected chi connectivity index (χ0v) is 23.9. The fourth-order valence-corrected chi connectivity index (χ4v) is 6.54. The molecule has 210 valence electrons. The molecule has 1 saturated carbocycles. The predicted molar refractivity (Wildman–Crippen MR) is 148 cm³/mol. The third kappa shape index (κ3) is 5.86. The average molecular weight is 578 g/mol. The van der Waals surface area contributed by atoms with Crippen LogP contribution in [-0.4, -0.2) is 74.9 Å². The van der Waals surface area contributed by atoms with E-state index in [9.17, 15) is 16.8 Å². The Bertz CT molecular complexity index is 1620. The first kappa shape index (κ1) is 27.3. The van der Waals surface area contributed by atoms with Crippen LogP contribution >= 0.6 is 0 Å². The van der Waals surface area contributed by atoms with Crippen molar-refractivity contribution in [1.29, 1.82) is 0 Å². The highest BCUT2D eigenvalue weighted by Crippen LogP contribution is 2.48. The van der Waals surface area contributed by atoms with Crippen LogP contribution in [0, 0.1) is 12.7 Å². The second kappa shape index (κ2) is 10.0. The van der Waals surface area contributed by atoms with Crippen molar-refractivity contribution in [1.82, 2.24) is 20.2 Å². The van der Waals surface area contributed by atoms with Crippen molar-refractivity contribution in [2.24, 2.45) is 0 Å². The van der Waals surface area contributed by atoms with E-state index >= 15 is 4.39 Å². The van der Waals surface area contributed by atoms with Crippen LogP contribution in [-0.2, 0) is 19.7 Å². The Balaban J connectivity index is 1.62. The van der Waals surface area contributed by atoms with Gasteiger partial charge in [0.2, 0.25) is 5.95 Å². The number of piperidine rings is 1. The molecule has 2 N–H and O–H groups in total. The summed E-state index contributed by atoms with van der Waals surface area (Å²) in [5.41, 5.74) is 1.84. The maximum atomic E-state index is 15.2. The van der Waals surface area contributed by atoms with Crippen LogP contribution in [0.1, 0.15) is 42.9 Å². The van der Waals surface area contributed by atoms with Gasteiger partial charge < -0.3 is 15.1 Å². The lowest BCUT2D eigenvalue weighted by Crippen LogP contribution is -2.43. The van der Waals surface area contributed by atoms with E-state index in [0.29, 0.717) is 43.4 Å². The number of aromatic nitrogens is 4. The normalized spacial score (nSPS) is 18.3. The van der Waals surface area contributed by atoms with Crippen molar-refractivity contribution in [2.75, 3.05) is 47.8 Å². The number of anilines is 5. The zero-order chi connectivity index (χ0) is 28.1. The standard InChI is InChI=1S/C25H32FN7O4S2/c1-15-12-21(31-30-15)27-23-22(16-7-8-16)24(33-11-5-6-18(14-33)39(4,36)37)29-25(28-23)32(2)20-10-9-17(13-19(20)26)38(3,34)35/h9-10,12-13,16,18H,5-8,11,14H2,1-4H3,(H2,27,28,29,30,31). The summed E-state index contributed by atoms with van der Waals surface area (Å²) in [6.45, 7) is 2.81. The number of nitrogens with zero attached hydrogens (tertiary/aromatic N) is 5. The fraction of sp³-hybridized carbons (Fsp3) is 0.480. The van der Waals surface area contributed by atoms with Crippen molar-refractivity contribution in [2.45, 2.75) is 48.7 Å². The molecular weight excluding hydrogens is 545 g/mol. The number of halogens is 1. The largest absolute Gasteiger partial charge is 0.355 e. The van der Waals surface area contributed by atoms with E-state index in [1.54, 1.807) is 7.05 Å². The minimum absolute atomic E-state index is 0.0988. The summed E-state index contributed by atoms with van der Waals surface area (Å²) >= 11 is 0. The maximum Gasteiger partial charge on any atom is 0.233 e. The Labute approximate surface area is 227 Å². The number of nitrogens with one attached hydrogen (secondary N) is 2. The van der Waals surface area contributed by atoms with Crippen molar-refractivity contribution >= 4 is 48.8 Å². The monoisotopic (exact) mass is 577 g/mol. The molecule has 0 bridgehead atoms. The van der Waals surface area contributed by atoms with Crippen molar-refractivity contribution in [3.63, 3.8) is 0 Å². The summed E-state index contributed by atoms with van der Waals surface area (Å²) in [7, 11) is -5.24. The van der Waals surface area contributed by atoms with Crippen LogP contribution in [0.2, 0.25) is 0 Å². The maximum absolute atomic E-state index is 15.2. The molecule has 3 aromatic rings.